The van der Waals surface area contributed by atoms with Gasteiger partial charge in [-0.15, -0.1) is 0 Å². The zero-order valence-electron chi connectivity index (χ0n) is 9.11. The van der Waals surface area contributed by atoms with Crippen molar-refractivity contribution in [2.75, 3.05) is 5.32 Å². The third-order valence-electron chi connectivity index (χ3n) is 2.34. The Morgan fingerprint density at radius 2 is 2.22 bits per heavy atom. The highest BCUT2D eigenvalue weighted by Crippen LogP contribution is 2.24. The molecule has 1 aromatic carbocycles. The Morgan fingerprint density at radius 3 is 2.94 bits per heavy atom. The predicted octanol–water partition coefficient (Wildman–Crippen LogP) is 3.85. The number of carbonyl (C=O) groups is 1. The fourth-order valence-electron chi connectivity index (χ4n) is 1.49. The van der Waals surface area contributed by atoms with Gasteiger partial charge in [0.2, 0.25) is 5.76 Å². The molecule has 0 saturated heterocycles. The quantitative estimate of drug-likeness (QED) is 0.795. The molecule has 18 heavy (non-hydrogen) atoms. The molecule has 0 atom stereocenters. The third-order valence-corrected chi connectivity index (χ3v) is 3.34. The average molecular weight is 378 g/mol. The molecule has 0 radical (unpaired) electrons. The number of carboxylic acids is 1. The SMILES string of the molecule is O=C(O)c1occc1CNc1cc(I)ccc1Cl. The van der Waals surface area contributed by atoms with Gasteiger partial charge >= 0.3 is 5.97 Å². The van der Waals surface area contributed by atoms with Gasteiger partial charge in [-0.3, -0.25) is 0 Å². The van der Waals surface area contributed by atoms with Gasteiger partial charge in [-0.2, -0.15) is 0 Å². The van der Waals surface area contributed by atoms with Gasteiger partial charge in [0.15, 0.2) is 0 Å². The molecule has 0 spiro atoms. The van der Waals surface area contributed by atoms with Gasteiger partial charge in [0.05, 0.1) is 17.0 Å². The summed E-state index contributed by atoms with van der Waals surface area (Å²) in [4.78, 5) is 10.9. The maximum absolute atomic E-state index is 10.9. The molecule has 1 heterocycles. The highest BCUT2D eigenvalue weighted by atomic mass is 127. The molecule has 0 aliphatic rings. The van der Waals surface area contributed by atoms with Crippen molar-refractivity contribution >= 4 is 45.8 Å². The average Bonchev–Trinajstić information content (AvgIpc) is 2.79. The number of benzene rings is 1. The zero-order valence-corrected chi connectivity index (χ0v) is 12.0. The Bertz CT molecular complexity index is 582. The maximum atomic E-state index is 10.9. The first kappa shape index (κ1) is 13.2. The number of hydrogen-bond acceptors (Lipinski definition) is 3. The molecule has 2 aromatic rings. The van der Waals surface area contributed by atoms with Crippen molar-refractivity contribution in [2.24, 2.45) is 0 Å². The van der Waals surface area contributed by atoms with Crippen LogP contribution in [-0.4, -0.2) is 11.1 Å². The lowest BCUT2D eigenvalue weighted by Crippen LogP contribution is -2.05. The smallest absolute Gasteiger partial charge is 0.372 e. The molecule has 0 saturated carbocycles. The number of rotatable bonds is 4. The van der Waals surface area contributed by atoms with Crippen LogP contribution in [0.1, 0.15) is 16.1 Å². The van der Waals surface area contributed by atoms with Gasteiger partial charge in [0.25, 0.3) is 0 Å². The summed E-state index contributed by atoms with van der Waals surface area (Å²) in [7, 11) is 0. The van der Waals surface area contributed by atoms with Crippen molar-refractivity contribution in [3.05, 3.63) is 50.4 Å². The first-order valence-corrected chi connectivity index (χ1v) is 6.52. The van der Waals surface area contributed by atoms with E-state index in [1.165, 1.54) is 6.26 Å². The Morgan fingerprint density at radius 1 is 1.44 bits per heavy atom. The first-order chi connectivity index (χ1) is 8.58. The minimum absolute atomic E-state index is 0.0516. The third kappa shape index (κ3) is 2.97. The van der Waals surface area contributed by atoms with Crippen molar-refractivity contribution in [1.82, 2.24) is 0 Å². The second-order valence-corrected chi connectivity index (χ2v) is 5.21. The highest BCUT2D eigenvalue weighted by Gasteiger charge is 2.13. The number of furan rings is 1. The summed E-state index contributed by atoms with van der Waals surface area (Å²) in [6.07, 6.45) is 1.36. The summed E-state index contributed by atoms with van der Waals surface area (Å²) >= 11 is 8.21. The lowest BCUT2D eigenvalue weighted by molar-refractivity contribution is 0.0661. The molecule has 0 aliphatic heterocycles. The van der Waals surface area contributed by atoms with E-state index >= 15 is 0 Å². The summed E-state index contributed by atoms with van der Waals surface area (Å²) in [5.41, 5.74) is 1.35. The monoisotopic (exact) mass is 377 g/mol. The predicted molar refractivity (Wildman–Crippen MR) is 77.2 cm³/mol. The molecule has 1 aromatic heterocycles. The van der Waals surface area contributed by atoms with E-state index in [0.717, 1.165) is 9.26 Å². The van der Waals surface area contributed by atoms with Crippen LogP contribution in [0.3, 0.4) is 0 Å². The van der Waals surface area contributed by atoms with Crippen LogP contribution in [0.15, 0.2) is 34.9 Å². The topological polar surface area (TPSA) is 62.5 Å². The molecule has 94 valence electrons. The van der Waals surface area contributed by atoms with Crippen molar-refractivity contribution < 1.29 is 14.3 Å². The standard InChI is InChI=1S/C12H9ClINO3/c13-9-2-1-8(14)5-10(9)15-6-7-3-4-18-11(7)12(16)17/h1-5,15H,6H2,(H,16,17). The van der Waals surface area contributed by atoms with E-state index in [4.69, 9.17) is 21.1 Å². The number of halogens is 2. The molecule has 0 unspecified atom stereocenters. The molecule has 2 rings (SSSR count). The van der Waals surface area contributed by atoms with Crippen molar-refractivity contribution in [3.8, 4) is 0 Å². The molecule has 0 fully saturated rings. The van der Waals surface area contributed by atoms with Crippen molar-refractivity contribution in [2.45, 2.75) is 6.54 Å². The van der Waals surface area contributed by atoms with Gasteiger partial charge in [0, 0.05) is 15.7 Å². The van der Waals surface area contributed by atoms with Crippen LogP contribution in [-0.2, 0) is 6.54 Å². The first-order valence-electron chi connectivity index (χ1n) is 5.06. The summed E-state index contributed by atoms with van der Waals surface area (Å²) < 4.78 is 5.94. The van der Waals surface area contributed by atoms with Crippen molar-refractivity contribution in [1.29, 1.82) is 0 Å². The minimum atomic E-state index is -1.08. The molecular formula is C12H9ClINO3. The maximum Gasteiger partial charge on any atom is 0.372 e. The van der Waals surface area contributed by atoms with Crippen LogP contribution in [0, 0.1) is 3.57 Å². The van der Waals surface area contributed by atoms with Gasteiger partial charge in [-0.25, -0.2) is 4.79 Å². The summed E-state index contributed by atoms with van der Waals surface area (Å²) in [5.74, 6) is -1.13. The second kappa shape index (κ2) is 5.62. The molecule has 6 heteroatoms. The van der Waals surface area contributed by atoms with Crippen LogP contribution in [0.5, 0.6) is 0 Å². The highest BCUT2D eigenvalue weighted by molar-refractivity contribution is 14.1. The summed E-state index contributed by atoms with van der Waals surface area (Å²) in [6, 6.07) is 7.20. The molecule has 4 nitrogen and oxygen atoms in total. The number of carboxylic acid groups (broad SMARTS) is 1. The largest absolute Gasteiger partial charge is 0.475 e. The number of nitrogens with one attached hydrogen (secondary N) is 1. The normalized spacial score (nSPS) is 10.3. The zero-order chi connectivity index (χ0) is 13.1. The number of hydrogen-bond donors (Lipinski definition) is 2. The Hall–Kier alpha value is -1.21. The van der Waals surface area contributed by atoms with Crippen LogP contribution in [0.2, 0.25) is 5.02 Å². The number of aromatic carboxylic acids is 1. The molecule has 0 bridgehead atoms. The second-order valence-electron chi connectivity index (χ2n) is 3.56. The van der Waals surface area contributed by atoms with E-state index in [9.17, 15) is 4.79 Å². The molecule has 0 amide bonds. The van der Waals surface area contributed by atoms with Gasteiger partial charge in [-0.1, -0.05) is 11.6 Å². The van der Waals surface area contributed by atoms with E-state index in [-0.39, 0.29) is 5.76 Å². The van der Waals surface area contributed by atoms with Crippen LogP contribution in [0.25, 0.3) is 0 Å². The molecule has 2 N–H and O–H groups in total. The Labute approximate surface area is 122 Å². The van der Waals surface area contributed by atoms with E-state index in [0.29, 0.717) is 17.1 Å². The minimum Gasteiger partial charge on any atom is -0.475 e. The molecular weight excluding hydrogens is 368 g/mol. The van der Waals surface area contributed by atoms with Gasteiger partial charge in [-0.05, 0) is 46.9 Å². The van der Waals surface area contributed by atoms with E-state index in [1.807, 2.05) is 12.1 Å². The lowest BCUT2D eigenvalue weighted by Gasteiger charge is -2.08. The van der Waals surface area contributed by atoms with Crippen LogP contribution in [0.4, 0.5) is 5.69 Å². The van der Waals surface area contributed by atoms with Crippen LogP contribution < -0.4 is 5.32 Å². The van der Waals surface area contributed by atoms with Crippen molar-refractivity contribution in [3.63, 3.8) is 0 Å². The Balaban J connectivity index is 2.14. The van der Waals surface area contributed by atoms with Gasteiger partial charge < -0.3 is 14.8 Å². The Kier molecular flexibility index (Phi) is 4.13. The van der Waals surface area contributed by atoms with E-state index < -0.39 is 5.97 Å². The fourth-order valence-corrected chi connectivity index (χ4v) is 2.16. The lowest BCUT2D eigenvalue weighted by atomic mass is 10.2. The van der Waals surface area contributed by atoms with E-state index in [2.05, 4.69) is 27.9 Å². The summed E-state index contributed by atoms with van der Waals surface area (Å²) in [5, 5.41) is 12.6. The molecule has 0 aliphatic carbocycles. The summed E-state index contributed by atoms with van der Waals surface area (Å²) in [6.45, 7) is 0.345. The van der Waals surface area contributed by atoms with E-state index in [1.54, 1.807) is 12.1 Å². The van der Waals surface area contributed by atoms with Crippen LogP contribution >= 0.6 is 34.2 Å². The fraction of sp³-hybridized carbons (Fsp3) is 0.0833. The number of anilines is 1. The van der Waals surface area contributed by atoms with Gasteiger partial charge in [0.1, 0.15) is 0 Å².